The molecule has 1 aliphatic carbocycles. The van der Waals surface area contributed by atoms with Crippen molar-refractivity contribution in [1.82, 2.24) is 9.88 Å². The number of benzene rings is 1. The minimum atomic E-state index is -0.225. The lowest BCUT2D eigenvalue weighted by molar-refractivity contribution is -0.132. The average Bonchev–Trinajstić information content (AvgIpc) is 3.13. The van der Waals surface area contributed by atoms with E-state index in [1.54, 1.807) is 0 Å². The second kappa shape index (κ2) is 8.64. The van der Waals surface area contributed by atoms with Gasteiger partial charge in [0.15, 0.2) is 0 Å². The lowest BCUT2D eigenvalue weighted by Crippen LogP contribution is -2.39. The number of H-pyrrole nitrogens is 1. The van der Waals surface area contributed by atoms with Crippen LogP contribution in [0.2, 0.25) is 0 Å². The van der Waals surface area contributed by atoms with Gasteiger partial charge >= 0.3 is 0 Å². The summed E-state index contributed by atoms with van der Waals surface area (Å²) < 4.78 is 14.7. The van der Waals surface area contributed by atoms with Crippen molar-refractivity contribution in [2.24, 2.45) is 0 Å². The molecule has 5 heteroatoms. The molecule has 2 heterocycles. The fraction of sp³-hybridized carbons (Fsp3) is 0.435. The van der Waals surface area contributed by atoms with Gasteiger partial charge in [0.2, 0.25) is 5.91 Å². The fourth-order valence-corrected chi connectivity index (χ4v) is 4.62. The SMILES string of the molecule is O=C(CCCC1=CC=C(Br)CC1)N1CCCC(c2cc3ccc(F)cc3[nH]2)C1. The van der Waals surface area contributed by atoms with Crippen molar-refractivity contribution in [3.63, 3.8) is 0 Å². The van der Waals surface area contributed by atoms with Crippen molar-refractivity contribution in [2.75, 3.05) is 13.1 Å². The normalized spacial score (nSPS) is 20.2. The van der Waals surface area contributed by atoms with Crippen LogP contribution in [0.1, 0.15) is 56.6 Å². The highest BCUT2D eigenvalue weighted by atomic mass is 79.9. The number of piperidine rings is 1. The zero-order valence-corrected chi connectivity index (χ0v) is 17.6. The first-order valence-electron chi connectivity index (χ1n) is 10.2. The number of likely N-dealkylation sites (tertiary alicyclic amines) is 1. The fourth-order valence-electron chi connectivity index (χ4n) is 4.29. The van der Waals surface area contributed by atoms with Crippen LogP contribution in [-0.2, 0) is 4.79 Å². The molecular formula is C23H26BrFN2O. The summed E-state index contributed by atoms with van der Waals surface area (Å²) in [6, 6.07) is 6.95. The van der Waals surface area contributed by atoms with Gasteiger partial charge in [0, 0.05) is 36.6 Å². The molecule has 1 saturated heterocycles. The number of fused-ring (bicyclic) bond motifs is 1. The monoisotopic (exact) mass is 444 g/mol. The highest BCUT2D eigenvalue weighted by molar-refractivity contribution is 9.11. The number of carbonyl (C=O) groups is 1. The Labute approximate surface area is 173 Å². The lowest BCUT2D eigenvalue weighted by Gasteiger charge is -2.32. The Balaban J connectivity index is 1.33. The van der Waals surface area contributed by atoms with Crippen molar-refractivity contribution in [3.05, 3.63) is 58.0 Å². The van der Waals surface area contributed by atoms with E-state index in [1.165, 1.54) is 22.2 Å². The Hall–Kier alpha value is -1.88. The Kier molecular flexibility index (Phi) is 6.00. The summed E-state index contributed by atoms with van der Waals surface area (Å²) in [5.74, 6) is 0.342. The van der Waals surface area contributed by atoms with Crippen LogP contribution in [0.4, 0.5) is 4.39 Å². The number of nitrogens with one attached hydrogen (secondary N) is 1. The maximum atomic E-state index is 13.4. The quantitative estimate of drug-likeness (QED) is 0.586. The molecule has 0 radical (unpaired) electrons. The van der Waals surface area contributed by atoms with E-state index in [1.807, 2.05) is 11.0 Å². The maximum Gasteiger partial charge on any atom is 0.222 e. The topological polar surface area (TPSA) is 36.1 Å². The molecule has 1 fully saturated rings. The van der Waals surface area contributed by atoms with E-state index in [0.29, 0.717) is 12.3 Å². The number of amides is 1. The summed E-state index contributed by atoms with van der Waals surface area (Å²) in [5, 5.41) is 1.03. The molecule has 1 atom stereocenters. The Morgan fingerprint density at radius 3 is 2.96 bits per heavy atom. The van der Waals surface area contributed by atoms with Crippen LogP contribution < -0.4 is 0 Å². The van der Waals surface area contributed by atoms with E-state index in [2.05, 4.69) is 39.1 Å². The molecule has 1 aliphatic heterocycles. The third-order valence-corrected chi connectivity index (χ3v) is 6.55. The molecule has 2 aliphatic rings. The first-order chi connectivity index (χ1) is 13.6. The first kappa shape index (κ1) is 19.4. The number of carbonyl (C=O) groups excluding carboxylic acids is 1. The van der Waals surface area contributed by atoms with Crippen LogP contribution in [0.25, 0.3) is 10.9 Å². The van der Waals surface area contributed by atoms with Gasteiger partial charge in [0.1, 0.15) is 5.82 Å². The number of nitrogens with zero attached hydrogens (tertiary/aromatic N) is 1. The highest BCUT2D eigenvalue weighted by Crippen LogP contribution is 2.30. The zero-order valence-electron chi connectivity index (χ0n) is 16.0. The summed E-state index contributed by atoms with van der Waals surface area (Å²) in [6.45, 7) is 1.61. The predicted molar refractivity (Wildman–Crippen MR) is 115 cm³/mol. The second-order valence-electron chi connectivity index (χ2n) is 7.93. The number of halogens is 2. The third kappa shape index (κ3) is 4.57. The first-order valence-corrected chi connectivity index (χ1v) is 11.0. The van der Waals surface area contributed by atoms with Crippen LogP contribution in [-0.4, -0.2) is 28.9 Å². The van der Waals surface area contributed by atoms with Crippen molar-refractivity contribution in [3.8, 4) is 0 Å². The molecule has 4 rings (SSSR count). The van der Waals surface area contributed by atoms with Gasteiger partial charge in [0.05, 0.1) is 0 Å². The molecule has 2 aromatic rings. The number of aromatic amines is 1. The molecule has 0 spiro atoms. The highest BCUT2D eigenvalue weighted by Gasteiger charge is 2.25. The van der Waals surface area contributed by atoms with Crippen LogP contribution in [0.5, 0.6) is 0 Å². The lowest BCUT2D eigenvalue weighted by atomic mass is 9.94. The van der Waals surface area contributed by atoms with Crippen LogP contribution in [0.3, 0.4) is 0 Å². The number of hydrogen-bond donors (Lipinski definition) is 1. The molecule has 1 aromatic carbocycles. The summed E-state index contributed by atoms with van der Waals surface area (Å²) in [7, 11) is 0. The molecule has 0 bridgehead atoms. The van der Waals surface area contributed by atoms with Crippen LogP contribution >= 0.6 is 15.9 Å². The maximum absolute atomic E-state index is 13.4. The van der Waals surface area contributed by atoms with E-state index < -0.39 is 0 Å². The molecule has 3 nitrogen and oxygen atoms in total. The van der Waals surface area contributed by atoms with Gasteiger partial charge in [-0.25, -0.2) is 4.39 Å². The third-order valence-electron chi connectivity index (χ3n) is 5.89. The molecule has 28 heavy (non-hydrogen) atoms. The average molecular weight is 445 g/mol. The van der Waals surface area contributed by atoms with Gasteiger partial charge < -0.3 is 9.88 Å². The second-order valence-corrected chi connectivity index (χ2v) is 8.95. The molecule has 148 valence electrons. The van der Waals surface area contributed by atoms with E-state index in [0.717, 1.165) is 68.2 Å². The molecular weight excluding hydrogens is 419 g/mol. The number of hydrogen-bond acceptors (Lipinski definition) is 1. The molecule has 1 amide bonds. The van der Waals surface area contributed by atoms with Gasteiger partial charge in [-0.1, -0.05) is 33.7 Å². The Morgan fingerprint density at radius 1 is 1.25 bits per heavy atom. The summed E-state index contributed by atoms with van der Waals surface area (Å²) in [4.78, 5) is 18.1. The molecule has 1 N–H and O–H groups in total. The summed E-state index contributed by atoms with van der Waals surface area (Å²) in [5.41, 5.74) is 3.39. The standard InChI is InChI=1S/C23H26BrFN2O/c24-19-9-6-16(7-10-19)3-1-5-23(28)27-12-2-4-18(15-27)21-13-17-8-11-20(25)14-22(17)26-21/h6,8-9,11,13-14,18,26H,1-5,7,10,12,15H2. The Morgan fingerprint density at radius 2 is 2.14 bits per heavy atom. The predicted octanol–water partition coefficient (Wildman–Crippen LogP) is 6.18. The zero-order chi connectivity index (χ0) is 19.5. The minimum Gasteiger partial charge on any atom is -0.358 e. The summed E-state index contributed by atoms with van der Waals surface area (Å²) >= 11 is 3.53. The van der Waals surface area contributed by atoms with E-state index >= 15 is 0 Å². The number of aromatic nitrogens is 1. The van der Waals surface area contributed by atoms with Crippen molar-refractivity contribution in [1.29, 1.82) is 0 Å². The van der Waals surface area contributed by atoms with Crippen molar-refractivity contribution in [2.45, 2.75) is 50.9 Å². The van der Waals surface area contributed by atoms with Crippen LogP contribution in [0.15, 0.2) is 46.5 Å². The van der Waals surface area contributed by atoms with Crippen molar-refractivity contribution >= 4 is 32.7 Å². The number of allylic oxidation sites excluding steroid dienone is 4. The minimum absolute atomic E-state index is 0.225. The summed E-state index contributed by atoms with van der Waals surface area (Å²) in [6.07, 6.45) is 11.1. The van der Waals surface area contributed by atoms with E-state index in [9.17, 15) is 9.18 Å². The molecule has 1 aromatic heterocycles. The van der Waals surface area contributed by atoms with Crippen molar-refractivity contribution < 1.29 is 9.18 Å². The smallest absolute Gasteiger partial charge is 0.222 e. The van der Waals surface area contributed by atoms with Gasteiger partial charge in [-0.15, -0.1) is 0 Å². The molecule has 0 saturated carbocycles. The van der Waals surface area contributed by atoms with E-state index in [4.69, 9.17) is 0 Å². The largest absolute Gasteiger partial charge is 0.358 e. The van der Waals surface area contributed by atoms with Gasteiger partial charge in [0.25, 0.3) is 0 Å². The van der Waals surface area contributed by atoms with E-state index in [-0.39, 0.29) is 11.7 Å². The number of rotatable bonds is 5. The van der Waals surface area contributed by atoms with Crippen LogP contribution in [0, 0.1) is 5.82 Å². The van der Waals surface area contributed by atoms with Gasteiger partial charge in [-0.2, -0.15) is 0 Å². The Bertz CT molecular complexity index is 930. The van der Waals surface area contributed by atoms with Gasteiger partial charge in [-0.3, -0.25) is 4.79 Å². The molecule has 1 unspecified atom stereocenters. The van der Waals surface area contributed by atoms with Gasteiger partial charge in [-0.05, 0) is 72.7 Å².